The SMILES string of the molecule is CC1(C)c2ccccc2-c2ccc(N(c3ccc(-c4cc(-c5ccccc5)ccc4-c4ccc(-c5ccccc5)cc4)cc3)c3ccc4c(c3)C(C)(C)c3ccccc3-4)cc21. The van der Waals surface area contributed by atoms with Gasteiger partial charge in [0, 0.05) is 27.9 Å². The Morgan fingerprint density at radius 1 is 0.246 bits per heavy atom. The van der Waals surface area contributed by atoms with Crippen LogP contribution in [0.1, 0.15) is 49.9 Å². The second-order valence-electron chi connectivity index (χ2n) is 17.8. The Balaban J connectivity index is 1.04. The van der Waals surface area contributed by atoms with Gasteiger partial charge in [0.1, 0.15) is 0 Å². The first-order valence-electron chi connectivity index (χ1n) is 21.5. The van der Waals surface area contributed by atoms with E-state index in [1.165, 1.54) is 89.0 Å². The molecule has 0 atom stereocenters. The molecule has 292 valence electrons. The van der Waals surface area contributed by atoms with Crippen molar-refractivity contribution >= 4 is 17.1 Å². The lowest BCUT2D eigenvalue weighted by Crippen LogP contribution is -2.18. The van der Waals surface area contributed by atoms with Gasteiger partial charge in [-0.1, -0.05) is 198 Å². The number of anilines is 3. The summed E-state index contributed by atoms with van der Waals surface area (Å²) < 4.78 is 0. The molecule has 0 spiro atoms. The first-order valence-corrected chi connectivity index (χ1v) is 21.5. The molecule has 0 saturated carbocycles. The molecule has 2 aliphatic carbocycles. The minimum Gasteiger partial charge on any atom is -0.310 e. The second kappa shape index (κ2) is 14.2. The van der Waals surface area contributed by atoms with Crippen LogP contribution in [0.2, 0.25) is 0 Å². The molecule has 2 aliphatic rings. The zero-order valence-corrected chi connectivity index (χ0v) is 35.2. The van der Waals surface area contributed by atoms with Crippen molar-refractivity contribution in [3.8, 4) is 66.8 Å². The average molecular weight is 782 g/mol. The summed E-state index contributed by atoms with van der Waals surface area (Å²) in [6.07, 6.45) is 0. The van der Waals surface area contributed by atoms with Crippen LogP contribution in [0.3, 0.4) is 0 Å². The average Bonchev–Trinajstić information content (AvgIpc) is 3.69. The molecule has 11 rings (SSSR count). The number of hydrogen-bond acceptors (Lipinski definition) is 1. The fourth-order valence-corrected chi connectivity index (χ4v) is 10.2. The van der Waals surface area contributed by atoms with E-state index in [1.807, 2.05) is 0 Å². The topological polar surface area (TPSA) is 3.24 Å². The third-order valence-electron chi connectivity index (χ3n) is 13.5. The normalized spacial score (nSPS) is 13.8. The molecule has 0 saturated heterocycles. The minimum atomic E-state index is -0.113. The van der Waals surface area contributed by atoms with Gasteiger partial charge in [0.15, 0.2) is 0 Å². The molecule has 0 unspecified atom stereocenters. The Hall–Kier alpha value is -7.22. The number of nitrogens with zero attached hydrogens (tertiary/aromatic N) is 1. The lowest BCUT2D eigenvalue weighted by molar-refractivity contribution is 0.660. The highest BCUT2D eigenvalue weighted by Crippen LogP contribution is 2.53. The minimum absolute atomic E-state index is 0.113. The zero-order chi connectivity index (χ0) is 41.3. The van der Waals surface area contributed by atoms with Gasteiger partial charge in [0.25, 0.3) is 0 Å². The molecule has 0 aromatic heterocycles. The Kier molecular flexibility index (Phi) is 8.58. The van der Waals surface area contributed by atoms with Crippen molar-refractivity contribution < 1.29 is 0 Å². The summed E-state index contributed by atoms with van der Waals surface area (Å²) >= 11 is 0. The largest absolute Gasteiger partial charge is 0.310 e. The Morgan fingerprint density at radius 2 is 0.607 bits per heavy atom. The van der Waals surface area contributed by atoms with E-state index in [2.05, 4.69) is 245 Å². The molecular weight excluding hydrogens is 735 g/mol. The summed E-state index contributed by atoms with van der Waals surface area (Å²) in [5.74, 6) is 0. The van der Waals surface area contributed by atoms with Crippen LogP contribution in [0.15, 0.2) is 212 Å². The van der Waals surface area contributed by atoms with Gasteiger partial charge in [0.05, 0.1) is 0 Å². The predicted octanol–water partition coefficient (Wildman–Crippen LogP) is 16.4. The molecule has 0 heterocycles. The van der Waals surface area contributed by atoms with E-state index < -0.39 is 0 Å². The highest BCUT2D eigenvalue weighted by molar-refractivity contribution is 5.91. The fraction of sp³-hybridized carbons (Fsp3) is 0.100. The van der Waals surface area contributed by atoms with Crippen LogP contribution in [0, 0.1) is 0 Å². The molecule has 0 aliphatic heterocycles. The van der Waals surface area contributed by atoms with Gasteiger partial charge in [-0.15, -0.1) is 0 Å². The maximum Gasteiger partial charge on any atom is 0.0465 e. The van der Waals surface area contributed by atoms with Crippen molar-refractivity contribution in [3.63, 3.8) is 0 Å². The van der Waals surface area contributed by atoms with Crippen LogP contribution in [0.25, 0.3) is 66.8 Å². The van der Waals surface area contributed by atoms with Crippen molar-refractivity contribution in [2.24, 2.45) is 0 Å². The van der Waals surface area contributed by atoms with Crippen molar-refractivity contribution in [2.45, 2.75) is 38.5 Å². The lowest BCUT2D eigenvalue weighted by atomic mass is 9.82. The van der Waals surface area contributed by atoms with Gasteiger partial charge in [-0.2, -0.15) is 0 Å². The molecule has 0 bridgehead atoms. The van der Waals surface area contributed by atoms with Crippen molar-refractivity contribution in [1.29, 1.82) is 0 Å². The Bertz CT molecular complexity index is 2990. The fourth-order valence-electron chi connectivity index (χ4n) is 10.2. The van der Waals surface area contributed by atoms with E-state index in [-0.39, 0.29) is 10.8 Å². The van der Waals surface area contributed by atoms with E-state index in [9.17, 15) is 0 Å². The Morgan fingerprint density at radius 3 is 1.15 bits per heavy atom. The first-order chi connectivity index (χ1) is 29.8. The van der Waals surface area contributed by atoms with E-state index in [0.717, 1.165) is 17.1 Å². The summed E-state index contributed by atoms with van der Waals surface area (Å²) in [5.41, 5.74) is 23.7. The smallest absolute Gasteiger partial charge is 0.0465 e. The van der Waals surface area contributed by atoms with E-state index >= 15 is 0 Å². The molecule has 1 heteroatoms. The van der Waals surface area contributed by atoms with E-state index in [1.54, 1.807) is 0 Å². The van der Waals surface area contributed by atoms with Gasteiger partial charge >= 0.3 is 0 Å². The van der Waals surface area contributed by atoms with E-state index in [4.69, 9.17) is 0 Å². The van der Waals surface area contributed by atoms with Gasteiger partial charge < -0.3 is 4.90 Å². The third-order valence-corrected chi connectivity index (χ3v) is 13.5. The summed E-state index contributed by atoms with van der Waals surface area (Å²) in [6.45, 7) is 9.47. The predicted molar refractivity (Wildman–Crippen MR) is 258 cm³/mol. The van der Waals surface area contributed by atoms with Crippen LogP contribution in [0.5, 0.6) is 0 Å². The maximum atomic E-state index is 2.46. The van der Waals surface area contributed by atoms with Crippen LogP contribution in [-0.4, -0.2) is 0 Å². The van der Waals surface area contributed by atoms with Crippen LogP contribution in [0.4, 0.5) is 17.1 Å². The summed E-state index contributed by atoms with van der Waals surface area (Å²) in [5, 5.41) is 0. The summed E-state index contributed by atoms with van der Waals surface area (Å²) in [4.78, 5) is 2.46. The van der Waals surface area contributed by atoms with Crippen LogP contribution >= 0.6 is 0 Å². The molecule has 9 aromatic rings. The third kappa shape index (κ3) is 6.07. The van der Waals surface area contributed by atoms with Gasteiger partial charge in [-0.25, -0.2) is 0 Å². The lowest BCUT2D eigenvalue weighted by Gasteiger charge is -2.30. The van der Waals surface area contributed by atoms with Gasteiger partial charge in [0.2, 0.25) is 0 Å². The number of rotatable bonds is 7. The molecule has 9 aromatic carbocycles. The molecule has 1 nitrogen and oxygen atoms in total. The molecule has 0 N–H and O–H groups in total. The van der Waals surface area contributed by atoms with Crippen LogP contribution in [-0.2, 0) is 10.8 Å². The molecule has 0 amide bonds. The second-order valence-corrected chi connectivity index (χ2v) is 17.8. The monoisotopic (exact) mass is 781 g/mol. The highest BCUT2D eigenvalue weighted by atomic mass is 15.1. The summed E-state index contributed by atoms with van der Waals surface area (Å²) in [7, 11) is 0. The number of benzene rings is 9. The first kappa shape index (κ1) is 36.8. The Labute approximate surface area is 360 Å². The molecule has 0 fully saturated rings. The van der Waals surface area contributed by atoms with Crippen molar-refractivity contribution in [1.82, 2.24) is 0 Å². The van der Waals surface area contributed by atoms with Gasteiger partial charge in [-0.3, -0.25) is 0 Å². The van der Waals surface area contributed by atoms with Crippen LogP contribution < -0.4 is 4.90 Å². The van der Waals surface area contributed by atoms with Crippen molar-refractivity contribution in [3.05, 3.63) is 235 Å². The van der Waals surface area contributed by atoms with Gasteiger partial charge in [-0.05, 0) is 131 Å². The summed E-state index contributed by atoms with van der Waals surface area (Å²) in [6, 6.07) is 78.5. The highest BCUT2D eigenvalue weighted by Gasteiger charge is 2.37. The zero-order valence-electron chi connectivity index (χ0n) is 35.2. The standard InChI is InChI=1S/C60H47N/c1-59(2)55-21-13-11-19-50(55)52-35-32-47(38-57(52)59)61(48-33-36-53-51-20-12-14-22-56(51)60(3,4)58(53)39-48)46-30-27-44(28-31-46)54-37-45(41-17-9-6-10-18-41)29-34-49(54)43-25-23-42(24-26-43)40-15-7-5-8-16-40/h5-39H,1-4H3. The quantitative estimate of drug-likeness (QED) is 0.156. The number of fused-ring (bicyclic) bond motifs is 6. The maximum absolute atomic E-state index is 2.46. The number of hydrogen-bond donors (Lipinski definition) is 0. The van der Waals surface area contributed by atoms with Crippen molar-refractivity contribution in [2.75, 3.05) is 4.90 Å². The molecule has 0 radical (unpaired) electrons. The molecule has 61 heavy (non-hydrogen) atoms. The van der Waals surface area contributed by atoms with E-state index in [0.29, 0.717) is 0 Å². The molecular formula is C60H47N.